The Kier molecular flexibility index (Phi) is 5.64. The molecule has 1 N–H and O–H groups in total. The maximum absolute atomic E-state index is 12.2. The van der Waals surface area contributed by atoms with E-state index in [1.165, 1.54) is 19.3 Å². The molecule has 1 atom stereocenters. The zero-order valence-electron chi connectivity index (χ0n) is 11.8. The highest BCUT2D eigenvalue weighted by Crippen LogP contribution is 2.25. The molecule has 2 rings (SSSR count). The largest absolute Gasteiger partial charge is 0.212 e. The fourth-order valence-corrected chi connectivity index (χ4v) is 4.97. The van der Waals surface area contributed by atoms with E-state index in [-0.39, 0.29) is 11.8 Å². The molecule has 0 radical (unpaired) electrons. The lowest BCUT2D eigenvalue weighted by Crippen LogP contribution is -2.32. The molecule has 1 saturated carbocycles. The number of rotatable bonds is 5. The van der Waals surface area contributed by atoms with Gasteiger partial charge < -0.3 is 0 Å². The molecule has 20 heavy (non-hydrogen) atoms. The van der Waals surface area contributed by atoms with Crippen LogP contribution in [0.25, 0.3) is 0 Å². The second kappa shape index (κ2) is 7.05. The monoisotopic (exact) mass is 359 g/mol. The Morgan fingerprint density at radius 3 is 2.65 bits per heavy atom. The molecule has 1 aliphatic rings. The van der Waals surface area contributed by atoms with Crippen LogP contribution in [0.1, 0.15) is 50.6 Å². The molecule has 0 bridgehead atoms. The number of sulfonamides is 1. The van der Waals surface area contributed by atoms with Crippen molar-refractivity contribution in [2.75, 3.05) is 5.75 Å². The highest BCUT2D eigenvalue weighted by molar-refractivity contribution is 9.10. The van der Waals surface area contributed by atoms with Crippen LogP contribution in [0.15, 0.2) is 28.7 Å². The smallest absolute Gasteiger partial charge is 0.212 e. The molecule has 1 aromatic carbocycles. The Hall–Kier alpha value is -0.390. The summed E-state index contributed by atoms with van der Waals surface area (Å²) < 4.78 is 28.3. The van der Waals surface area contributed by atoms with Gasteiger partial charge in [-0.1, -0.05) is 47.3 Å². The molecule has 3 nitrogen and oxygen atoms in total. The average Bonchev–Trinajstić information content (AvgIpc) is 2.38. The molecule has 0 aromatic heterocycles. The fraction of sp³-hybridized carbons (Fsp3) is 0.600. The van der Waals surface area contributed by atoms with E-state index in [4.69, 9.17) is 0 Å². The average molecular weight is 360 g/mol. The number of hydrogen-bond donors (Lipinski definition) is 1. The number of hydrogen-bond acceptors (Lipinski definition) is 2. The molecular weight excluding hydrogens is 338 g/mol. The van der Waals surface area contributed by atoms with Crippen molar-refractivity contribution in [3.05, 3.63) is 34.3 Å². The van der Waals surface area contributed by atoms with Gasteiger partial charge in [0.15, 0.2) is 0 Å². The maximum Gasteiger partial charge on any atom is 0.212 e. The second-order valence-electron chi connectivity index (χ2n) is 5.68. The van der Waals surface area contributed by atoms with Gasteiger partial charge in [-0.25, -0.2) is 13.1 Å². The first kappa shape index (κ1) is 16.0. The van der Waals surface area contributed by atoms with E-state index in [2.05, 4.69) is 20.7 Å². The van der Waals surface area contributed by atoms with Crippen LogP contribution >= 0.6 is 15.9 Å². The second-order valence-corrected chi connectivity index (χ2v) is 8.39. The summed E-state index contributed by atoms with van der Waals surface area (Å²) in [5.41, 5.74) is 0.978. The summed E-state index contributed by atoms with van der Waals surface area (Å²) in [6.07, 6.45) is 5.68. The van der Waals surface area contributed by atoms with Crippen molar-refractivity contribution in [1.29, 1.82) is 0 Å². The fourth-order valence-electron chi connectivity index (χ4n) is 2.83. The number of benzene rings is 1. The van der Waals surface area contributed by atoms with Gasteiger partial charge in [0, 0.05) is 10.5 Å². The molecule has 1 aromatic rings. The predicted octanol–water partition coefficient (Wildman–Crippen LogP) is 4.01. The first-order valence-electron chi connectivity index (χ1n) is 7.22. The predicted molar refractivity (Wildman–Crippen MR) is 86.1 cm³/mol. The Bertz CT molecular complexity index is 539. The van der Waals surface area contributed by atoms with Crippen LogP contribution in [0.2, 0.25) is 0 Å². The molecule has 0 amide bonds. The van der Waals surface area contributed by atoms with E-state index < -0.39 is 10.0 Å². The molecule has 1 aliphatic carbocycles. The summed E-state index contributed by atoms with van der Waals surface area (Å²) >= 11 is 3.41. The Morgan fingerprint density at radius 2 is 2.00 bits per heavy atom. The Balaban J connectivity index is 1.96. The third-order valence-electron chi connectivity index (χ3n) is 3.88. The van der Waals surface area contributed by atoms with Crippen LogP contribution in [-0.2, 0) is 10.0 Å². The van der Waals surface area contributed by atoms with Gasteiger partial charge >= 0.3 is 0 Å². The lowest BCUT2D eigenvalue weighted by molar-refractivity contribution is 0.383. The molecule has 0 aliphatic heterocycles. The number of halogens is 1. The lowest BCUT2D eigenvalue weighted by Gasteiger charge is -2.23. The normalized spacial score (nSPS) is 18.9. The summed E-state index contributed by atoms with van der Waals surface area (Å²) in [6.45, 7) is 1.89. The van der Waals surface area contributed by atoms with Crippen LogP contribution in [-0.4, -0.2) is 14.2 Å². The lowest BCUT2D eigenvalue weighted by atomic mass is 9.91. The van der Waals surface area contributed by atoms with Crippen molar-refractivity contribution in [2.24, 2.45) is 5.92 Å². The Morgan fingerprint density at radius 1 is 1.30 bits per heavy atom. The third-order valence-corrected chi connectivity index (χ3v) is 6.00. The molecule has 1 fully saturated rings. The van der Waals surface area contributed by atoms with Crippen LogP contribution in [0.4, 0.5) is 0 Å². The van der Waals surface area contributed by atoms with Gasteiger partial charge in [0.25, 0.3) is 0 Å². The van der Waals surface area contributed by atoms with Crippen LogP contribution in [0.5, 0.6) is 0 Å². The minimum Gasteiger partial charge on any atom is -0.212 e. The van der Waals surface area contributed by atoms with E-state index in [0.717, 1.165) is 22.9 Å². The van der Waals surface area contributed by atoms with Crippen LogP contribution < -0.4 is 4.72 Å². The minimum absolute atomic E-state index is 0.193. The first-order chi connectivity index (χ1) is 9.46. The molecule has 0 spiro atoms. The third kappa shape index (κ3) is 4.86. The van der Waals surface area contributed by atoms with Gasteiger partial charge in [0.1, 0.15) is 0 Å². The maximum atomic E-state index is 12.2. The van der Waals surface area contributed by atoms with Crippen molar-refractivity contribution in [2.45, 2.75) is 45.1 Å². The summed E-state index contributed by atoms with van der Waals surface area (Å²) in [5, 5.41) is 0. The van der Waals surface area contributed by atoms with E-state index in [1.807, 2.05) is 31.2 Å². The molecule has 0 heterocycles. The zero-order valence-corrected chi connectivity index (χ0v) is 14.2. The van der Waals surface area contributed by atoms with Crippen molar-refractivity contribution >= 4 is 26.0 Å². The summed E-state index contributed by atoms with van der Waals surface area (Å²) in [5.74, 6) is 0.599. The zero-order chi connectivity index (χ0) is 14.6. The number of nitrogens with one attached hydrogen (secondary N) is 1. The first-order valence-corrected chi connectivity index (χ1v) is 9.66. The summed E-state index contributed by atoms with van der Waals surface area (Å²) in [6, 6.07) is 7.56. The summed E-state index contributed by atoms with van der Waals surface area (Å²) in [7, 11) is -3.21. The van der Waals surface area contributed by atoms with E-state index in [1.54, 1.807) is 0 Å². The molecule has 112 valence electrons. The van der Waals surface area contributed by atoms with E-state index in [9.17, 15) is 8.42 Å². The van der Waals surface area contributed by atoms with E-state index in [0.29, 0.717) is 5.92 Å². The van der Waals surface area contributed by atoms with Crippen molar-refractivity contribution < 1.29 is 8.42 Å². The quantitative estimate of drug-likeness (QED) is 0.862. The highest BCUT2D eigenvalue weighted by Gasteiger charge is 2.23. The van der Waals surface area contributed by atoms with Gasteiger partial charge in [0.05, 0.1) is 5.75 Å². The van der Waals surface area contributed by atoms with E-state index >= 15 is 0 Å². The van der Waals surface area contributed by atoms with Crippen molar-refractivity contribution in [3.8, 4) is 0 Å². The standard InChI is InChI=1S/C15H22BrNO2S/c1-12(14-8-5-9-15(16)10-14)17-20(18,19)11-13-6-3-2-4-7-13/h5,8-10,12-13,17H,2-4,6-7,11H2,1H3. The van der Waals surface area contributed by atoms with Crippen LogP contribution in [0, 0.1) is 5.92 Å². The van der Waals surface area contributed by atoms with Gasteiger partial charge in [-0.05, 0) is 43.4 Å². The highest BCUT2D eigenvalue weighted by atomic mass is 79.9. The van der Waals surface area contributed by atoms with Gasteiger partial charge in [-0.15, -0.1) is 0 Å². The SMILES string of the molecule is CC(NS(=O)(=O)CC1CCCCC1)c1cccc(Br)c1. The molecular formula is C15H22BrNO2S. The molecule has 1 unspecified atom stereocenters. The van der Waals surface area contributed by atoms with Crippen molar-refractivity contribution in [3.63, 3.8) is 0 Å². The summed E-state index contributed by atoms with van der Waals surface area (Å²) in [4.78, 5) is 0. The van der Waals surface area contributed by atoms with Crippen molar-refractivity contribution in [1.82, 2.24) is 4.72 Å². The van der Waals surface area contributed by atoms with Gasteiger partial charge in [0.2, 0.25) is 10.0 Å². The van der Waals surface area contributed by atoms with Gasteiger partial charge in [-0.2, -0.15) is 0 Å². The Labute approximate surface area is 130 Å². The molecule has 0 saturated heterocycles. The van der Waals surface area contributed by atoms with Crippen LogP contribution in [0.3, 0.4) is 0 Å². The minimum atomic E-state index is -3.21. The van der Waals surface area contributed by atoms with Gasteiger partial charge in [-0.3, -0.25) is 0 Å². The topological polar surface area (TPSA) is 46.2 Å². The molecule has 5 heteroatoms.